The normalized spacial score (nSPS) is 51.6. The molecule has 1 N–H and O–H groups in total. The van der Waals surface area contributed by atoms with Gasteiger partial charge in [0.1, 0.15) is 11.7 Å². The van der Waals surface area contributed by atoms with Crippen molar-refractivity contribution in [1.29, 1.82) is 0 Å². The molecule has 168 valence electrons. The summed E-state index contributed by atoms with van der Waals surface area (Å²) in [5, 5.41) is 10.4. The van der Waals surface area contributed by atoms with Gasteiger partial charge in [-0.05, 0) is 79.4 Å². The molecule has 1 aliphatic heterocycles. The molecule has 0 radical (unpaired) electrons. The quantitative estimate of drug-likeness (QED) is 0.420. The maximum absolute atomic E-state index is 10.4. The molecule has 4 fully saturated rings. The molecule has 3 saturated carbocycles. The molecular weight excluding hydrogens is 368 g/mol. The van der Waals surface area contributed by atoms with E-state index in [0.717, 1.165) is 37.0 Å². The maximum Gasteiger partial charge on any atom is 0.107 e. The molecular formula is C28H44O2. The van der Waals surface area contributed by atoms with E-state index in [2.05, 4.69) is 59.8 Å². The van der Waals surface area contributed by atoms with Gasteiger partial charge < -0.3 is 9.84 Å². The first-order chi connectivity index (χ1) is 14.1. The Labute approximate surface area is 184 Å². The highest BCUT2D eigenvalue weighted by Gasteiger charge is 2.73. The first kappa shape index (κ1) is 21.3. The fraction of sp³-hybridized carbons (Fsp3) is 0.857. The predicted molar refractivity (Wildman–Crippen MR) is 123 cm³/mol. The van der Waals surface area contributed by atoms with E-state index in [-0.39, 0.29) is 23.2 Å². The molecule has 30 heavy (non-hydrogen) atoms. The van der Waals surface area contributed by atoms with Crippen LogP contribution in [0.25, 0.3) is 0 Å². The average Bonchev–Trinajstić information content (AvgIpc) is 3.27. The first-order valence-corrected chi connectivity index (χ1v) is 12.9. The monoisotopic (exact) mass is 412 g/mol. The molecule has 10 atom stereocenters. The number of epoxide rings is 1. The Kier molecular flexibility index (Phi) is 4.92. The van der Waals surface area contributed by atoms with Gasteiger partial charge >= 0.3 is 0 Å². The average molecular weight is 413 g/mol. The zero-order valence-corrected chi connectivity index (χ0v) is 20.2. The van der Waals surface area contributed by atoms with Gasteiger partial charge in [0.15, 0.2) is 0 Å². The van der Waals surface area contributed by atoms with Crippen LogP contribution in [0, 0.1) is 46.3 Å². The third-order valence-electron chi connectivity index (χ3n) is 10.9. The number of rotatable bonds is 4. The van der Waals surface area contributed by atoms with E-state index in [0.29, 0.717) is 23.2 Å². The molecule has 2 heteroatoms. The fourth-order valence-electron chi connectivity index (χ4n) is 8.52. The maximum atomic E-state index is 10.4. The Morgan fingerprint density at radius 2 is 1.77 bits per heavy atom. The zero-order valence-electron chi connectivity index (χ0n) is 20.2. The summed E-state index contributed by atoms with van der Waals surface area (Å²) in [5.41, 5.74) is 2.38. The molecule has 0 aromatic carbocycles. The summed E-state index contributed by atoms with van der Waals surface area (Å²) in [6.07, 6.45) is 16.0. The zero-order chi connectivity index (χ0) is 21.5. The molecule has 5 rings (SSSR count). The Hall–Kier alpha value is -0.600. The van der Waals surface area contributed by atoms with Gasteiger partial charge in [-0.15, -0.1) is 0 Å². The Morgan fingerprint density at radius 3 is 2.50 bits per heavy atom. The number of aliphatic hydroxyl groups excluding tert-OH is 1. The number of fused-ring (bicyclic) bond motifs is 4. The van der Waals surface area contributed by atoms with Gasteiger partial charge in [-0.25, -0.2) is 0 Å². The van der Waals surface area contributed by atoms with Crippen molar-refractivity contribution in [3.05, 3.63) is 23.8 Å². The first-order valence-electron chi connectivity index (χ1n) is 12.9. The summed E-state index contributed by atoms with van der Waals surface area (Å²) in [7, 11) is 0. The minimum absolute atomic E-state index is 0.0480. The van der Waals surface area contributed by atoms with Gasteiger partial charge in [0.25, 0.3) is 0 Å². The summed E-state index contributed by atoms with van der Waals surface area (Å²) in [5.74, 6) is 4.26. The molecule has 5 aliphatic rings. The molecule has 0 aromatic heterocycles. The Morgan fingerprint density at radius 1 is 1.00 bits per heavy atom. The van der Waals surface area contributed by atoms with Crippen molar-refractivity contribution in [3.8, 4) is 0 Å². The lowest BCUT2D eigenvalue weighted by Gasteiger charge is -2.56. The van der Waals surface area contributed by atoms with Crippen molar-refractivity contribution in [3.63, 3.8) is 0 Å². The van der Waals surface area contributed by atoms with Gasteiger partial charge in [-0.2, -0.15) is 0 Å². The van der Waals surface area contributed by atoms with Gasteiger partial charge in [0, 0.05) is 11.8 Å². The van der Waals surface area contributed by atoms with Crippen molar-refractivity contribution >= 4 is 0 Å². The van der Waals surface area contributed by atoms with Crippen molar-refractivity contribution in [2.75, 3.05) is 0 Å². The number of hydrogen-bond acceptors (Lipinski definition) is 2. The topological polar surface area (TPSA) is 32.8 Å². The van der Waals surface area contributed by atoms with E-state index in [4.69, 9.17) is 4.74 Å². The largest absolute Gasteiger partial charge is 0.393 e. The van der Waals surface area contributed by atoms with Crippen molar-refractivity contribution in [2.45, 2.75) is 104 Å². The molecule has 1 saturated heterocycles. The number of aliphatic hydroxyl groups is 1. The molecule has 0 amide bonds. The molecule has 3 unspecified atom stereocenters. The van der Waals surface area contributed by atoms with Crippen LogP contribution in [0.4, 0.5) is 0 Å². The smallest absolute Gasteiger partial charge is 0.107 e. The van der Waals surface area contributed by atoms with Crippen molar-refractivity contribution in [2.24, 2.45) is 46.3 Å². The lowest BCUT2D eigenvalue weighted by atomic mass is 9.47. The summed E-state index contributed by atoms with van der Waals surface area (Å²) >= 11 is 0. The highest BCUT2D eigenvalue weighted by Crippen LogP contribution is 2.72. The minimum Gasteiger partial charge on any atom is -0.393 e. The van der Waals surface area contributed by atoms with Crippen LogP contribution in [0.15, 0.2) is 23.8 Å². The van der Waals surface area contributed by atoms with E-state index in [1.165, 1.54) is 25.7 Å². The molecule has 1 spiro atoms. The van der Waals surface area contributed by atoms with E-state index in [1.807, 2.05) is 0 Å². The highest BCUT2D eigenvalue weighted by molar-refractivity contribution is 5.38. The Bertz CT molecular complexity index is 752. The molecule has 0 bridgehead atoms. The molecule has 4 aliphatic carbocycles. The SMILES string of the molecule is CC(C)[C@@H](C)/C=C/[C@@H](C)C1CCC2C3=C[C@H]4O[C@]45C[C@@H](O)CC[C@]5(C)C3CC[C@@]21C. The predicted octanol–water partition coefficient (Wildman–Crippen LogP) is 6.54. The van der Waals surface area contributed by atoms with Gasteiger partial charge in [-0.1, -0.05) is 65.3 Å². The summed E-state index contributed by atoms with van der Waals surface area (Å²) in [6.45, 7) is 14.6. The van der Waals surface area contributed by atoms with E-state index in [9.17, 15) is 5.11 Å². The standard InChI is InChI=1S/C28H44O2/c1-17(2)18(3)7-8-19(4)22-9-10-23-21-15-25-28(30-25)16-20(29)11-14-27(28,6)24(21)12-13-26(22,23)5/h7-8,15,17-20,22-25,29H,9-14,16H2,1-6H3/b8-7+/t18-,19+,20-,22?,23?,24?,25+,26+,27+,28+/m0/s1. The third kappa shape index (κ3) is 2.81. The second-order valence-corrected chi connectivity index (χ2v) is 12.6. The van der Waals surface area contributed by atoms with E-state index >= 15 is 0 Å². The lowest BCUT2D eigenvalue weighted by Crippen LogP contribution is -2.55. The highest BCUT2D eigenvalue weighted by atomic mass is 16.6. The summed E-state index contributed by atoms with van der Waals surface area (Å²) in [4.78, 5) is 0. The van der Waals surface area contributed by atoms with Crippen LogP contribution < -0.4 is 0 Å². The van der Waals surface area contributed by atoms with E-state index in [1.54, 1.807) is 5.57 Å². The van der Waals surface area contributed by atoms with Crippen LogP contribution in [0.3, 0.4) is 0 Å². The molecule has 0 aromatic rings. The van der Waals surface area contributed by atoms with Crippen LogP contribution in [-0.4, -0.2) is 22.9 Å². The van der Waals surface area contributed by atoms with Crippen LogP contribution in [0.1, 0.15) is 86.5 Å². The second kappa shape index (κ2) is 6.95. The number of allylic oxidation sites excluding steroid dienone is 3. The van der Waals surface area contributed by atoms with Crippen molar-refractivity contribution in [1.82, 2.24) is 0 Å². The third-order valence-corrected chi connectivity index (χ3v) is 10.9. The van der Waals surface area contributed by atoms with Crippen LogP contribution in [0.5, 0.6) is 0 Å². The van der Waals surface area contributed by atoms with Crippen LogP contribution in [-0.2, 0) is 4.74 Å². The van der Waals surface area contributed by atoms with Gasteiger partial charge in [0.05, 0.1) is 6.10 Å². The fourth-order valence-corrected chi connectivity index (χ4v) is 8.52. The number of hydrogen-bond donors (Lipinski definition) is 1. The number of ether oxygens (including phenoxy) is 1. The van der Waals surface area contributed by atoms with Crippen molar-refractivity contribution < 1.29 is 9.84 Å². The van der Waals surface area contributed by atoms with Crippen LogP contribution >= 0.6 is 0 Å². The van der Waals surface area contributed by atoms with Gasteiger partial charge in [-0.3, -0.25) is 0 Å². The lowest BCUT2D eigenvalue weighted by molar-refractivity contribution is -0.0527. The Balaban J connectivity index is 1.40. The second-order valence-electron chi connectivity index (χ2n) is 12.6. The minimum atomic E-state index is -0.163. The molecule has 2 nitrogen and oxygen atoms in total. The molecule has 1 heterocycles. The summed E-state index contributed by atoms with van der Waals surface area (Å²) in [6, 6.07) is 0. The summed E-state index contributed by atoms with van der Waals surface area (Å²) < 4.78 is 6.43. The van der Waals surface area contributed by atoms with Crippen LogP contribution in [0.2, 0.25) is 0 Å². The van der Waals surface area contributed by atoms with Gasteiger partial charge in [0.2, 0.25) is 0 Å². The van der Waals surface area contributed by atoms with E-state index < -0.39 is 0 Å².